The maximum absolute atomic E-state index is 13.0. The van der Waals surface area contributed by atoms with Gasteiger partial charge in [-0.25, -0.2) is 4.98 Å². The minimum atomic E-state index is -0.563. The van der Waals surface area contributed by atoms with Crippen molar-refractivity contribution in [2.75, 3.05) is 30.4 Å². The Hall–Kier alpha value is -3.49. The molecule has 0 fully saturated rings. The molecule has 1 aromatic heterocycles. The average molecular weight is 372 g/mol. The van der Waals surface area contributed by atoms with Crippen molar-refractivity contribution >= 4 is 29.1 Å². The first-order valence-corrected chi connectivity index (χ1v) is 8.32. The van der Waals surface area contributed by atoms with Crippen LogP contribution in [0.15, 0.2) is 42.6 Å². The number of hydrogen-bond acceptors (Lipinski definition) is 7. The second kappa shape index (κ2) is 9.27. The van der Waals surface area contributed by atoms with Crippen LogP contribution in [0.5, 0.6) is 0 Å². The highest BCUT2D eigenvalue weighted by Gasteiger charge is 2.23. The van der Waals surface area contributed by atoms with Gasteiger partial charge >= 0.3 is 5.97 Å². The molecule has 0 spiro atoms. The number of nitrogens with zero attached hydrogens (tertiary/aromatic N) is 3. The monoisotopic (exact) mass is 372 g/mol. The van der Waals surface area contributed by atoms with Crippen LogP contribution < -0.4 is 10.2 Å². The Bertz CT molecular complexity index is 826. The number of pyridine rings is 1. The normalized spacial score (nSPS) is 10.1. The molecule has 0 saturated heterocycles. The van der Waals surface area contributed by atoms with Crippen LogP contribution >= 0.6 is 0 Å². The summed E-state index contributed by atoms with van der Waals surface area (Å²) in [6, 6.07) is 9.19. The van der Waals surface area contributed by atoms with Crippen LogP contribution in [0.25, 0.3) is 0 Å². The van der Waals surface area contributed by atoms with Crippen LogP contribution in [0.1, 0.15) is 23.7 Å². The zero-order valence-electron chi connectivity index (χ0n) is 15.0. The summed E-state index contributed by atoms with van der Waals surface area (Å²) in [6.07, 6.45) is 1.50. The van der Waals surface area contributed by atoms with Crippen LogP contribution in [0, 0.1) is 10.1 Å². The van der Waals surface area contributed by atoms with E-state index in [2.05, 4.69) is 10.3 Å². The van der Waals surface area contributed by atoms with Gasteiger partial charge < -0.3 is 10.1 Å². The number of hydrogen-bond donors (Lipinski definition) is 1. The predicted molar refractivity (Wildman–Crippen MR) is 99.8 cm³/mol. The van der Waals surface area contributed by atoms with E-state index >= 15 is 0 Å². The highest BCUT2D eigenvalue weighted by molar-refractivity contribution is 6.06. The van der Waals surface area contributed by atoms with Crippen molar-refractivity contribution in [1.82, 2.24) is 4.98 Å². The van der Waals surface area contributed by atoms with Gasteiger partial charge in [0.25, 0.3) is 11.6 Å². The lowest BCUT2D eigenvalue weighted by atomic mass is 10.1. The maximum Gasteiger partial charge on any atom is 0.307 e. The van der Waals surface area contributed by atoms with Crippen LogP contribution in [-0.4, -0.2) is 42.0 Å². The van der Waals surface area contributed by atoms with Crippen LogP contribution in [0.4, 0.5) is 17.2 Å². The SMILES string of the molecule is CCOC(=O)CCN(C(=O)c1ccc(NC)c([N+](=O)[O-])c1)c1ccccn1. The molecule has 1 N–H and O–H groups in total. The number of nitro groups is 1. The molecule has 0 bridgehead atoms. The van der Waals surface area contributed by atoms with Crippen LogP contribution in [0.2, 0.25) is 0 Å². The first-order chi connectivity index (χ1) is 13.0. The Morgan fingerprint density at radius 3 is 2.67 bits per heavy atom. The number of anilines is 2. The quantitative estimate of drug-likeness (QED) is 0.430. The molecule has 2 rings (SSSR count). The Morgan fingerprint density at radius 1 is 1.30 bits per heavy atom. The van der Waals surface area contributed by atoms with Gasteiger partial charge in [-0.2, -0.15) is 0 Å². The van der Waals surface area contributed by atoms with Crippen molar-refractivity contribution in [1.29, 1.82) is 0 Å². The molecule has 0 unspecified atom stereocenters. The van der Waals surface area contributed by atoms with E-state index in [1.54, 1.807) is 32.2 Å². The fourth-order valence-corrected chi connectivity index (χ4v) is 2.45. The van der Waals surface area contributed by atoms with Crippen molar-refractivity contribution in [3.63, 3.8) is 0 Å². The van der Waals surface area contributed by atoms with E-state index in [0.717, 1.165) is 0 Å². The molecule has 2 aromatic rings. The zero-order chi connectivity index (χ0) is 19.8. The lowest BCUT2D eigenvalue weighted by Gasteiger charge is -2.21. The van der Waals surface area contributed by atoms with Crippen molar-refractivity contribution < 1.29 is 19.2 Å². The van der Waals surface area contributed by atoms with Crippen LogP contribution in [0.3, 0.4) is 0 Å². The molecule has 0 aliphatic heterocycles. The summed E-state index contributed by atoms with van der Waals surface area (Å²) in [5, 5.41) is 14.0. The Labute approximate surface area is 156 Å². The number of nitro benzene ring substituents is 1. The number of esters is 1. The van der Waals surface area contributed by atoms with E-state index < -0.39 is 16.8 Å². The number of nitrogens with one attached hydrogen (secondary N) is 1. The molecule has 9 nitrogen and oxygen atoms in total. The highest BCUT2D eigenvalue weighted by atomic mass is 16.6. The Balaban J connectivity index is 2.34. The topological polar surface area (TPSA) is 115 Å². The van der Waals surface area contributed by atoms with Gasteiger partial charge in [-0.1, -0.05) is 6.07 Å². The van der Waals surface area contributed by atoms with E-state index in [1.165, 1.54) is 29.3 Å². The fraction of sp³-hybridized carbons (Fsp3) is 0.278. The summed E-state index contributed by atoms with van der Waals surface area (Å²) < 4.78 is 4.90. The first kappa shape index (κ1) is 19.8. The average Bonchev–Trinajstić information content (AvgIpc) is 2.68. The third-order valence-electron chi connectivity index (χ3n) is 3.73. The smallest absolute Gasteiger partial charge is 0.307 e. The summed E-state index contributed by atoms with van der Waals surface area (Å²) in [5.41, 5.74) is 0.206. The lowest BCUT2D eigenvalue weighted by Crippen LogP contribution is -2.34. The van der Waals surface area contributed by atoms with Crippen LogP contribution in [-0.2, 0) is 9.53 Å². The van der Waals surface area contributed by atoms with Gasteiger partial charge in [0.05, 0.1) is 18.0 Å². The largest absolute Gasteiger partial charge is 0.466 e. The van der Waals surface area contributed by atoms with Crippen molar-refractivity contribution in [2.45, 2.75) is 13.3 Å². The summed E-state index contributed by atoms with van der Waals surface area (Å²) in [4.78, 5) is 40.8. The molecule has 0 aliphatic carbocycles. The second-order valence-corrected chi connectivity index (χ2v) is 5.44. The zero-order valence-corrected chi connectivity index (χ0v) is 15.0. The van der Waals surface area contributed by atoms with Crippen molar-refractivity contribution in [2.24, 2.45) is 0 Å². The maximum atomic E-state index is 13.0. The Kier molecular flexibility index (Phi) is 6.81. The Morgan fingerprint density at radius 2 is 2.07 bits per heavy atom. The summed E-state index contributed by atoms with van der Waals surface area (Å²) >= 11 is 0. The second-order valence-electron chi connectivity index (χ2n) is 5.44. The fourth-order valence-electron chi connectivity index (χ4n) is 2.45. The van der Waals surface area contributed by atoms with E-state index in [1.807, 2.05) is 0 Å². The van der Waals surface area contributed by atoms with Gasteiger partial charge in [0.1, 0.15) is 11.5 Å². The molecule has 142 valence electrons. The van der Waals surface area contributed by atoms with Gasteiger partial charge in [0.15, 0.2) is 0 Å². The number of rotatable bonds is 8. The molecule has 1 aromatic carbocycles. The third-order valence-corrected chi connectivity index (χ3v) is 3.73. The van der Waals surface area contributed by atoms with E-state index in [0.29, 0.717) is 11.5 Å². The molecule has 27 heavy (non-hydrogen) atoms. The molecule has 0 radical (unpaired) electrons. The standard InChI is InChI=1S/C18H20N4O5/c1-3-27-17(23)9-11-21(16-6-4-5-10-20-16)18(24)13-7-8-14(19-2)15(12-13)22(25)26/h4-8,10,12,19H,3,9,11H2,1-2H3. The van der Waals surface area contributed by atoms with E-state index in [4.69, 9.17) is 4.74 Å². The number of ether oxygens (including phenoxy) is 1. The van der Waals surface area contributed by atoms with Gasteiger partial charge in [0.2, 0.25) is 0 Å². The molecular formula is C18H20N4O5. The number of carbonyl (C=O) groups is 2. The predicted octanol–water partition coefficient (Wildman–Crippen LogP) is 2.63. The molecule has 0 aliphatic rings. The van der Waals surface area contributed by atoms with E-state index in [9.17, 15) is 19.7 Å². The van der Waals surface area contributed by atoms with Crippen molar-refractivity contribution in [3.8, 4) is 0 Å². The van der Waals surface area contributed by atoms with Crippen molar-refractivity contribution in [3.05, 3.63) is 58.3 Å². The number of carbonyl (C=O) groups excluding carboxylic acids is 2. The summed E-state index contributed by atoms with van der Waals surface area (Å²) in [5.74, 6) is -0.598. The van der Waals surface area contributed by atoms with Gasteiger partial charge in [-0.15, -0.1) is 0 Å². The van der Waals surface area contributed by atoms with E-state index in [-0.39, 0.29) is 30.8 Å². The molecule has 1 amide bonds. The molecule has 0 saturated carbocycles. The summed E-state index contributed by atoms with van der Waals surface area (Å²) in [6.45, 7) is 1.98. The molecule has 0 atom stereocenters. The minimum Gasteiger partial charge on any atom is -0.466 e. The lowest BCUT2D eigenvalue weighted by molar-refractivity contribution is -0.384. The molecule has 9 heteroatoms. The minimum absolute atomic E-state index is 0.0210. The number of aromatic nitrogens is 1. The third kappa shape index (κ3) is 5.00. The number of benzene rings is 1. The number of amides is 1. The summed E-state index contributed by atoms with van der Waals surface area (Å²) in [7, 11) is 1.56. The van der Waals surface area contributed by atoms with Gasteiger partial charge in [-0.3, -0.25) is 24.6 Å². The van der Waals surface area contributed by atoms with Gasteiger partial charge in [0, 0.05) is 31.4 Å². The first-order valence-electron chi connectivity index (χ1n) is 8.32. The molecular weight excluding hydrogens is 352 g/mol. The highest BCUT2D eigenvalue weighted by Crippen LogP contribution is 2.26. The van der Waals surface area contributed by atoms with Gasteiger partial charge in [-0.05, 0) is 31.2 Å². The molecule has 1 heterocycles.